The van der Waals surface area contributed by atoms with E-state index in [-0.39, 0.29) is 12.1 Å². The smallest absolute Gasteiger partial charge is 0.175 e. The highest BCUT2D eigenvalue weighted by molar-refractivity contribution is 7.90. The summed E-state index contributed by atoms with van der Waals surface area (Å²) in [7, 11) is -3.12. The average molecular weight is 283 g/mol. The van der Waals surface area contributed by atoms with Gasteiger partial charge in [-0.3, -0.25) is 0 Å². The van der Waals surface area contributed by atoms with E-state index < -0.39 is 9.84 Å². The summed E-state index contributed by atoms with van der Waals surface area (Å²) in [6.45, 7) is 2.95. The summed E-state index contributed by atoms with van der Waals surface area (Å²) in [4.78, 5) is 0.352. The summed E-state index contributed by atoms with van der Waals surface area (Å²) < 4.78 is 22.7. The molecule has 1 fully saturated rings. The van der Waals surface area contributed by atoms with Gasteiger partial charge in [-0.1, -0.05) is 12.1 Å². The zero-order valence-corrected chi connectivity index (χ0v) is 12.2. The van der Waals surface area contributed by atoms with Crippen molar-refractivity contribution in [2.45, 2.75) is 36.8 Å². The predicted molar refractivity (Wildman–Crippen MR) is 74.7 cm³/mol. The van der Waals surface area contributed by atoms with Gasteiger partial charge in [-0.15, -0.1) is 0 Å². The Hall–Kier alpha value is -0.910. The molecule has 1 aromatic carbocycles. The third-order valence-corrected chi connectivity index (χ3v) is 4.86. The lowest BCUT2D eigenvalue weighted by molar-refractivity contribution is 0.0420. The van der Waals surface area contributed by atoms with Gasteiger partial charge < -0.3 is 10.4 Å². The van der Waals surface area contributed by atoms with Gasteiger partial charge in [0.1, 0.15) is 0 Å². The molecule has 0 spiro atoms. The van der Waals surface area contributed by atoms with Crippen LogP contribution in [-0.4, -0.2) is 32.4 Å². The maximum atomic E-state index is 11.4. The van der Waals surface area contributed by atoms with E-state index in [1.165, 1.54) is 6.26 Å². The first-order valence-corrected chi connectivity index (χ1v) is 8.47. The Labute approximate surface area is 114 Å². The van der Waals surface area contributed by atoms with Crippen molar-refractivity contribution in [3.63, 3.8) is 0 Å². The fraction of sp³-hybridized carbons (Fsp3) is 0.571. The quantitative estimate of drug-likeness (QED) is 0.859. The number of sulfone groups is 1. The Morgan fingerprint density at radius 3 is 2.37 bits per heavy atom. The molecule has 4 nitrogen and oxygen atoms in total. The van der Waals surface area contributed by atoms with Crippen LogP contribution >= 0.6 is 0 Å². The van der Waals surface area contributed by atoms with Gasteiger partial charge in [-0.2, -0.15) is 0 Å². The molecule has 19 heavy (non-hydrogen) atoms. The summed E-state index contributed by atoms with van der Waals surface area (Å²) >= 11 is 0. The van der Waals surface area contributed by atoms with Gasteiger partial charge in [0.2, 0.25) is 0 Å². The van der Waals surface area contributed by atoms with Crippen molar-refractivity contribution in [3.05, 3.63) is 29.8 Å². The van der Waals surface area contributed by atoms with Crippen molar-refractivity contribution in [2.24, 2.45) is 5.92 Å². The molecule has 106 valence electrons. The van der Waals surface area contributed by atoms with Gasteiger partial charge in [0.05, 0.1) is 11.0 Å². The monoisotopic (exact) mass is 283 g/mol. The summed E-state index contributed by atoms with van der Waals surface area (Å²) in [6, 6.07) is 7.19. The molecule has 5 heteroatoms. The Balaban J connectivity index is 1.90. The lowest BCUT2D eigenvalue weighted by atomic mass is 9.82. The van der Waals surface area contributed by atoms with Crippen LogP contribution in [0.15, 0.2) is 29.2 Å². The lowest BCUT2D eigenvalue weighted by Crippen LogP contribution is -2.36. The molecule has 0 radical (unpaired) electrons. The van der Waals surface area contributed by atoms with E-state index in [0.717, 1.165) is 24.9 Å². The van der Waals surface area contributed by atoms with E-state index in [2.05, 4.69) is 12.2 Å². The molecular formula is C14H21NO3S. The topological polar surface area (TPSA) is 66.4 Å². The fourth-order valence-corrected chi connectivity index (χ4v) is 2.96. The molecule has 1 aliphatic carbocycles. The van der Waals surface area contributed by atoms with Gasteiger partial charge in [0, 0.05) is 12.3 Å². The fourth-order valence-electron chi connectivity index (χ4n) is 2.33. The van der Waals surface area contributed by atoms with Crippen LogP contribution in [-0.2, 0) is 9.84 Å². The number of nitrogens with one attached hydrogen (secondary N) is 1. The third kappa shape index (κ3) is 3.78. The Morgan fingerprint density at radius 1 is 1.32 bits per heavy atom. The number of benzene rings is 1. The van der Waals surface area contributed by atoms with Crippen LogP contribution in [0.5, 0.6) is 0 Å². The number of rotatable bonds is 5. The Bertz CT molecular complexity index is 518. The van der Waals surface area contributed by atoms with E-state index >= 15 is 0 Å². The maximum absolute atomic E-state index is 11.4. The van der Waals surface area contributed by atoms with Crippen LogP contribution in [0.2, 0.25) is 0 Å². The van der Waals surface area contributed by atoms with E-state index in [9.17, 15) is 13.5 Å². The molecule has 0 saturated heterocycles. The molecule has 1 aliphatic rings. The third-order valence-electron chi connectivity index (χ3n) is 3.73. The molecule has 1 atom stereocenters. The van der Waals surface area contributed by atoms with Crippen molar-refractivity contribution in [3.8, 4) is 0 Å². The first-order chi connectivity index (χ1) is 8.86. The van der Waals surface area contributed by atoms with Gasteiger partial charge in [0.25, 0.3) is 0 Å². The normalized spacial score (nSPS) is 24.8. The van der Waals surface area contributed by atoms with Crippen LogP contribution in [0.1, 0.15) is 31.4 Å². The summed E-state index contributed by atoms with van der Waals surface area (Å²) in [5.41, 5.74) is 1.08. The predicted octanol–water partition coefficient (Wildman–Crippen LogP) is 1.51. The van der Waals surface area contributed by atoms with Crippen molar-refractivity contribution in [1.29, 1.82) is 0 Å². The zero-order chi connectivity index (χ0) is 14.0. The molecular weight excluding hydrogens is 262 g/mol. The maximum Gasteiger partial charge on any atom is 0.175 e. The minimum atomic E-state index is -3.12. The van der Waals surface area contributed by atoms with E-state index in [1.807, 2.05) is 12.1 Å². The average Bonchev–Trinajstić information content (AvgIpc) is 2.32. The van der Waals surface area contributed by atoms with Crippen LogP contribution < -0.4 is 5.32 Å². The highest BCUT2D eigenvalue weighted by Gasteiger charge is 2.26. The van der Waals surface area contributed by atoms with Crippen LogP contribution in [0, 0.1) is 5.92 Å². The second-order valence-electron chi connectivity index (χ2n) is 5.46. The highest BCUT2D eigenvalue weighted by Crippen LogP contribution is 2.27. The van der Waals surface area contributed by atoms with E-state index in [0.29, 0.717) is 10.8 Å². The largest absolute Gasteiger partial charge is 0.393 e. The molecule has 1 aromatic rings. The zero-order valence-electron chi connectivity index (χ0n) is 11.3. The Morgan fingerprint density at radius 2 is 1.89 bits per heavy atom. The lowest BCUT2D eigenvalue weighted by Gasteiger charge is -2.32. The Kier molecular flexibility index (Phi) is 4.28. The van der Waals surface area contributed by atoms with E-state index in [1.54, 1.807) is 12.1 Å². The van der Waals surface area contributed by atoms with Crippen molar-refractivity contribution in [2.75, 3.05) is 12.8 Å². The van der Waals surface area contributed by atoms with E-state index in [4.69, 9.17) is 0 Å². The van der Waals surface area contributed by atoms with Crippen molar-refractivity contribution in [1.82, 2.24) is 5.32 Å². The van der Waals surface area contributed by atoms with Gasteiger partial charge in [-0.25, -0.2) is 8.42 Å². The number of hydrogen-bond donors (Lipinski definition) is 2. The highest BCUT2D eigenvalue weighted by atomic mass is 32.2. The molecule has 0 aromatic heterocycles. The van der Waals surface area contributed by atoms with Crippen molar-refractivity contribution < 1.29 is 13.5 Å². The summed E-state index contributed by atoms with van der Waals surface area (Å²) in [5, 5.41) is 12.6. The first kappa shape index (κ1) is 14.5. The molecule has 0 aliphatic heterocycles. The summed E-state index contributed by atoms with van der Waals surface area (Å²) in [5.74, 6) is 0.563. The van der Waals surface area contributed by atoms with Crippen molar-refractivity contribution >= 4 is 9.84 Å². The first-order valence-electron chi connectivity index (χ1n) is 6.57. The number of aliphatic hydroxyl groups is 1. The second-order valence-corrected chi connectivity index (χ2v) is 7.48. The minimum absolute atomic E-state index is 0.115. The molecule has 1 unspecified atom stereocenters. The molecule has 2 N–H and O–H groups in total. The van der Waals surface area contributed by atoms with Gasteiger partial charge in [0.15, 0.2) is 9.84 Å². The number of aliphatic hydroxyl groups excluding tert-OH is 1. The molecule has 0 bridgehead atoms. The van der Waals surface area contributed by atoms with Crippen LogP contribution in [0.3, 0.4) is 0 Å². The van der Waals surface area contributed by atoms with Crippen LogP contribution in [0.25, 0.3) is 0 Å². The van der Waals surface area contributed by atoms with Gasteiger partial charge in [-0.05, 0) is 49.9 Å². The standard InChI is InChI=1S/C14H21NO3S/c1-10(15-9-11-7-13(16)8-11)12-3-5-14(6-4-12)19(2,17)18/h3-6,10-11,13,15-16H,7-9H2,1-2H3. The van der Waals surface area contributed by atoms with Gasteiger partial charge >= 0.3 is 0 Å². The minimum Gasteiger partial charge on any atom is -0.393 e. The molecule has 1 saturated carbocycles. The molecule has 0 heterocycles. The SMILES string of the molecule is CC(NCC1CC(O)C1)c1ccc(S(C)(=O)=O)cc1. The molecule has 2 rings (SSSR count). The number of hydrogen-bond acceptors (Lipinski definition) is 4. The molecule has 0 amide bonds. The summed E-state index contributed by atoms with van der Waals surface area (Å²) in [6.07, 6.45) is 2.86. The van der Waals surface area contributed by atoms with Crippen LogP contribution in [0.4, 0.5) is 0 Å². The second kappa shape index (κ2) is 5.61.